The smallest absolute Gasteiger partial charge is 0.225 e. The van der Waals surface area contributed by atoms with Crippen molar-refractivity contribution in [1.29, 1.82) is 5.41 Å². The number of ether oxygens (including phenoxy) is 1. The predicted molar refractivity (Wildman–Crippen MR) is 76.9 cm³/mol. The first-order valence-electron chi connectivity index (χ1n) is 6.99. The lowest BCUT2D eigenvalue weighted by atomic mass is 9.94. The van der Waals surface area contributed by atoms with Crippen molar-refractivity contribution in [3.63, 3.8) is 0 Å². The maximum atomic E-state index is 7.72. The second kappa shape index (κ2) is 5.19. The van der Waals surface area contributed by atoms with Crippen LogP contribution in [0.25, 0.3) is 0 Å². The van der Waals surface area contributed by atoms with E-state index in [1.807, 2.05) is 19.9 Å². The summed E-state index contributed by atoms with van der Waals surface area (Å²) in [6.45, 7) is 6.13. The van der Waals surface area contributed by atoms with Crippen LogP contribution in [0.5, 0.6) is 5.88 Å². The summed E-state index contributed by atoms with van der Waals surface area (Å²) in [5.74, 6) is 0.544. The minimum Gasteiger partial charge on any atom is -0.471 e. The number of fused-ring (bicyclic) bond motifs is 1. The molecule has 0 unspecified atom stereocenters. The lowest BCUT2D eigenvalue weighted by Gasteiger charge is -2.27. The fourth-order valence-corrected chi connectivity index (χ4v) is 2.22. The van der Waals surface area contributed by atoms with Gasteiger partial charge in [-0.25, -0.2) is 4.98 Å². The third-order valence-electron chi connectivity index (χ3n) is 3.78. The molecule has 0 fully saturated rings. The standard InChI is InChI=1S/C15H23N3O/c1-4-15(2,3)19-14-11(13(16)17)9-10-7-5-6-8-12(10)18-14/h9H,4-8H2,1-3H3,(H3,16,17). The first-order chi connectivity index (χ1) is 8.93. The summed E-state index contributed by atoms with van der Waals surface area (Å²) < 4.78 is 5.98. The molecule has 1 aromatic heterocycles. The van der Waals surface area contributed by atoms with Crippen molar-refractivity contribution in [3.05, 3.63) is 22.9 Å². The lowest BCUT2D eigenvalue weighted by molar-refractivity contribution is 0.0983. The summed E-state index contributed by atoms with van der Waals surface area (Å²) in [4.78, 5) is 4.62. The van der Waals surface area contributed by atoms with Crippen LogP contribution in [-0.4, -0.2) is 16.4 Å². The monoisotopic (exact) mass is 261 g/mol. The maximum Gasteiger partial charge on any atom is 0.225 e. The van der Waals surface area contributed by atoms with E-state index in [0.29, 0.717) is 11.4 Å². The van der Waals surface area contributed by atoms with E-state index in [1.54, 1.807) is 0 Å². The average Bonchev–Trinajstić information content (AvgIpc) is 2.37. The van der Waals surface area contributed by atoms with E-state index in [-0.39, 0.29) is 11.4 Å². The zero-order valence-electron chi connectivity index (χ0n) is 12.0. The van der Waals surface area contributed by atoms with Crippen molar-refractivity contribution in [2.75, 3.05) is 0 Å². The Labute approximate surface area is 114 Å². The molecule has 0 aromatic carbocycles. The number of nitrogens with zero attached hydrogens (tertiary/aromatic N) is 1. The molecule has 1 aliphatic rings. The summed E-state index contributed by atoms with van der Waals surface area (Å²) in [7, 11) is 0. The van der Waals surface area contributed by atoms with Gasteiger partial charge in [0.15, 0.2) is 0 Å². The Morgan fingerprint density at radius 2 is 2.11 bits per heavy atom. The highest BCUT2D eigenvalue weighted by Gasteiger charge is 2.23. The third kappa shape index (κ3) is 3.06. The van der Waals surface area contributed by atoms with E-state index in [1.165, 1.54) is 18.4 Å². The van der Waals surface area contributed by atoms with Gasteiger partial charge in [0.25, 0.3) is 0 Å². The van der Waals surface area contributed by atoms with Crippen LogP contribution in [-0.2, 0) is 12.8 Å². The van der Waals surface area contributed by atoms with Gasteiger partial charge in [-0.1, -0.05) is 6.92 Å². The zero-order chi connectivity index (χ0) is 14.0. The molecule has 104 valence electrons. The molecule has 0 atom stereocenters. The summed E-state index contributed by atoms with van der Waals surface area (Å²) in [6, 6.07) is 1.99. The van der Waals surface area contributed by atoms with Gasteiger partial charge >= 0.3 is 0 Å². The van der Waals surface area contributed by atoms with E-state index in [4.69, 9.17) is 15.9 Å². The molecule has 0 radical (unpaired) electrons. The number of hydrogen-bond donors (Lipinski definition) is 2. The van der Waals surface area contributed by atoms with Gasteiger partial charge < -0.3 is 10.5 Å². The lowest BCUT2D eigenvalue weighted by Crippen LogP contribution is -2.29. The summed E-state index contributed by atoms with van der Waals surface area (Å²) >= 11 is 0. The SMILES string of the molecule is CCC(C)(C)Oc1nc2c(cc1C(=N)N)CCCC2. The molecule has 0 saturated heterocycles. The predicted octanol–water partition coefficient (Wildman–Crippen LogP) is 2.81. The first-order valence-corrected chi connectivity index (χ1v) is 6.99. The second-order valence-corrected chi connectivity index (χ2v) is 5.78. The maximum absolute atomic E-state index is 7.72. The summed E-state index contributed by atoms with van der Waals surface area (Å²) in [5.41, 5.74) is 8.34. The summed E-state index contributed by atoms with van der Waals surface area (Å²) in [6.07, 6.45) is 5.27. The Bertz CT molecular complexity index is 494. The van der Waals surface area contributed by atoms with Crippen LogP contribution in [0, 0.1) is 5.41 Å². The van der Waals surface area contributed by atoms with Crippen LogP contribution < -0.4 is 10.5 Å². The van der Waals surface area contributed by atoms with Crippen molar-refractivity contribution in [1.82, 2.24) is 4.98 Å². The number of nitrogens with two attached hydrogens (primary N) is 1. The van der Waals surface area contributed by atoms with Crippen LogP contribution >= 0.6 is 0 Å². The molecule has 0 spiro atoms. The van der Waals surface area contributed by atoms with Crippen LogP contribution in [0.1, 0.15) is 56.9 Å². The average molecular weight is 261 g/mol. The van der Waals surface area contributed by atoms with E-state index >= 15 is 0 Å². The van der Waals surface area contributed by atoms with Crippen LogP contribution in [0.4, 0.5) is 0 Å². The molecule has 0 bridgehead atoms. The largest absolute Gasteiger partial charge is 0.471 e. The van der Waals surface area contributed by atoms with E-state index < -0.39 is 0 Å². The molecule has 3 N–H and O–H groups in total. The summed E-state index contributed by atoms with van der Waals surface area (Å²) in [5, 5.41) is 7.72. The Kier molecular flexibility index (Phi) is 3.78. The van der Waals surface area contributed by atoms with Crippen molar-refractivity contribution >= 4 is 5.84 Å². The highest BCUT2D eigenvalue weighted by molar-refractivity contribution is 5.97. The Morgan fingerprint density at radius 1 is 1.42 bits per heavy atom. The van der Waals surface area contributed by atoms with Gasteiger partial charge in [-0.2, -0.15) is 0 Å². The molecule has 0 amide bonds. The third-order valence-corrected chi connectivity index (χ3v) is 3.78. The Balaban J connectivity index is 2.43. The normalized spacial score (nSPS) is 14.9. The van der Waals surface area contributed by atoms with E-state index in [9.17, 15) is 0 Å². The van der Waals surface area contributed by atoms with E-state index in [2.05, 4.69) is 11.9 Å². The van der Waals surface area contributed by atoms with Gasteiger partial charge in [0.05, 0.1) is 5.56 Å². The number of rotatable bonds is 4. The van der Waals surface area contributed by atoms with Gasteiger partial charge in [0.2, 0.25) is 5.88 Å². The van der Waals surface area contributed by atoms with Crippen molar-refractivity contribution in [3.8, 4) is 5.88 Å². The fraction of sp³-hybridized carbons (Fsp3) is 0.600. The van der Waals surface area contributed by atoms with Gasteiger partial charge in [-0.05, 0) is 57.6 Å². The van der Waals surface area contributed by atoms with Gasteiger partial charge in [-0.15, -0.1) is 0 Å². The quantitative estimate of drug-likeness (QED) is 0.646. The van der Waals surface area contributed by atoms with Gasteiger partial charge in [0.1, 0.15) is 11.4 Å². The molecule has 0 aliphatic heterocycles. The minimum atomic E-state index is -0.292. The molecule has 1 heterocycles. The van der Waals surface area contributed by atoms with Crippen molar-refractivity contribution in [2.45, 2.75) is 58.5 Å². The topological polar surface area (TPSA) is 72.0 Å². The number of nitrogen functional groups attached to an aromatic ring is 1. The fourth-order valence-electron chi connectivity index (χ4n) is 2.22. The molecule has 2 rings (SSSR count). The number of aromatic nitrogens is 1. The van der Waals surface area contributed by atoms with Crippen LogP contribution in [0.3, 0.4) is 0 Å². The molecule has 4 nitrogen and oxygen atoms in total. The number of hydrogen-bond acceptors (Lipinski definition) is 3. The Morgan fingerprint density at radius 3 is 2.74 bits per heavy atom. The molecule has 4 heteroatoms. The van der Waals surface area contributed by atoms with Gasteiger partial charge in [0, 0.05) is 5.69 Å². The van der Waals surface area contributed by atoms with Crippen molar-refractivity contribution < 1.29 is 4.74 Å². The molecule has 1 aliphatic carbocycles. The molecule has 0 saturated carbocycles. The molecular formula is C15H23N3O. The number of aryl methyl sites for hydroxylation is 2. The Hall–Kier alpha value is -1.58. The van der Waals surface area contributed by atoms with Crippen molar-refractivity contribution in [2.24, 2.45) is 5.73 Å². The number of amidine groups is 1. The highest BCUT2D eigenvalue weighted by Crippen LogP contribution is 2.28. The van der Waals surface area contributed by atoms with Gasteiger partial charge in [-0.3, -0.25) is 5.41 Å². The number of nitrogens with one attached hydrogen (secondary N) is 1. The molecule has 1 aromatic rings. The second-order valence-electron chi connectivity index (χ2n) is 5.78. The number of pyridine rings is 1. The molecular weight excluding hydrogens is 238 g/mol. The van der Waals surface area contributed by atoms with Crippen LogP contribution in [0.2, 0.25) is 0 Å². The highest BCUT2D eigenvalue weighted by atomic mass is 16.5. The van der Waals surface area contributed by atoms with E-state index in [0.717, 1.165) is 25.0 Å². The van der Waals surface area contributed by atoms with Crippen LogP contribution in [0.15, 0.2) is 6.07 Å². The minimum absolute atomic E-state index is 0.0303. The first kappa shape index (κ1) is 13.8. The zero-order valence-corrected chi connectivity index (χ0v) is 12.0. The molecule has 19 heavy (non-hydrogen) atoms.